The van der Waals surface area contributed by atoms with Crippen LogP contribution in [0.4, 0.5) is 5.69 Å². The number of nitrogens with two attached hydrogens (primary N) is 1. The lowest BCUT2D eigenvalue weighted by Gasteiger charge is -2.10. The summed E-state index contributed by atoms with van der Waals surface area (Å²) in [6.45, 7) is 2.01. The Hall–Kier alpha value is -1.46. The van der Waals surface area contributed by atoms with E-state index in [1.54, 1.807) is 16.8 Å². The van der Waals surface area contributed by atoms with E-state index in [0.717, 1.165) is 22.3 Å². The number of amides is 1. The molecular weight excluding hydrogens is 234 g/mol. The molecule has 1 atom stereocenters. The lowest BCUT2D eigenvalue weighted by atomic mass is 10.1. The molecule has 1 amide bonds. The van der Waals surface area contributed by atoms with Gasteiger partial charge in [-0.05, 0) is 24.6 Å². The monoisotopic (exact) mass is 249 g/mol. The third-order valence-corrected chi connectivity index (χ3v) is 3.33. The van der Waals surface area contributed by atoms with Crippen LogP contribution in [0.3, 0.4) is 0 Å². The lowest BCUT2D eigenvalue weighted by Crippen LogP contribution is -2.35. The van der Waals surface area contributed by atoms with Crippen molar-refractivity contribution in [3.8, 4) is 0 Å². The molecule has 0 unspecified atom stereocenters. The first-order valence-corrected chi connectivity index (χ1v) is 6.48. The fourth-order valence-corrected chi connectivity index (χ4v) is 2.33. The summed E-state index contributed by atoms with van der Waals surface area (Å²) in [5, 5.41) is 2.82. The fourth-order valence-electron chi connectivity index (χ4n) is 1.61. The van der Waals surface area contributed by atoms with Crippen LogP contribution in [0, 0.1) is 0 Å². The average Bonchev–Trinajstić information content (AvgIpc) is 2.76. The zero-order valence-corrected chi connectivity index (χ0v) is 10.5. The number of fused-ring (bicyclic) bond motifs is 1. The van der Waals surface area contributed by atoms with Crippen LogP contribution in [-0.4, -0.2) is 16.9 Å². The Morgan fingerprint density at radius 3 is 3.18 bits per heavy atom. The number of hydrogen-bond acceptors (Lipinski definition) is 4. The largest absolute Gasteiger partial charge is 0.325 e. The summed E-state index contributed by atoms with van der Waals surface area (Å²) in [5.41, 5.74) is 9.26. The molecule has 1 heterocycles. The molecule has 2 rings (SSSR count). The van der Waals surface area contributed by atoms with E-state index in [-0.39, 0.29) is 5.91 Å². The molecule has 90 valence electrons. The number of rotatable bonds is 4. The van der Waals surface area contributed by atoms with Crippen molar-refractivity contribution in [2.45, 2.75) is 25.8 Å². The van der Waals surface area contributed by atoms with Gasteiger partial charge in [-0.15, -0.1) is 11.3 Å². The lowest BCUT2D eigenvalue weighted by molar-refractivity contribution is -0.117. The van der Waals surface area contributed by atoms with E-state index in [1.165, 1.54) is 0 Å². The van der Waals surface area contributed by atoms with Crippen LogP contribution >= 0.6 is 11.3 Å². The number of nitrogens with one attached hydrogen (secondary N) is 1. The minimum atomic E-state index is -0.433. The number of benzene rings is 1. The fraction of sp³-hybridized carbons (Fsp3) is 0.333. The average molecular weight is 249 g/mol. The molecule has 0 fully saturated rings. The smallest absolute Gasteiger partial charge is 0.241 e. The molecule has 0 saturated carbocycles. The Morgan fingerprint density at radius 1 is 1.59 bits per heavy atom. The van der Waals surface area contributed by atoms with Crippen molar-refractivity contribution in [3.05, 3.63) is 23.7 Å². The highest BCUT2D eigenvalue weighted by Gasteiger charge is 2.12. The summed E-state index contributed by atoms with van der Waals surface area (Å²) in [4.78, 5) is 15.9. The minimum absolute atomic E-state index is 0.129. The predicted octanol–water partition coefficient (Wildman–Crippen LogP) is 2.36. The minimum Gasteiger partial charge on any atom is -0.325 e. The van der Waals surface area contributed by atoms with Crippen LogP contribution < -0.4 is 11.1 Å². The van der Waals surface area contributed by atoms with Gasteiger partial charge in [-0.1, -0.05) is 13.3 Å². The molecule has 1 aromatic heterocycles. The first-order valence-electron chi connectivity index (χ1n) is 5.60. The quantitative estimate of drug-likeness (QED) is 0.874. The van der Waals surface area contributed by atoms with Gasteiger partial charge in [0.05, 0.1) is 21.8 Å². The van der Waals surface area contributed by atoms with Gasteiger partial charge in [0.2, 0.25) is 5.91 Å². The highest BCUT2D eigenvalue weighted by atomic mass is 32.1. The third kappa shape index (κ3) is 2.81. The first kappa shape index (κ1) is 12.0. The van der Waals surface area contributed by atoms with E-state index >= 15 is 0 Å². The maximum absolute atomic E-state index is 11.7. The summed E-state index contributed by atoms with van der Waals surface area (Å²) in [7, 11) is 0. The van der Waals surface area contributed by atoms with Crippen molar-refractivity contribution in [1.29, 1.82) is 0 Å². The van der Waals surface area contributed by atoms with Crippen LogP contribution in [0.25, 0.3) is 10.2 Å². The molecule has 1 aromatic carbocycles. The number of nitrogens with zero attached hydrogens (tertiary/aromatic N) is 1. The van der Waals surface area contributed by atoms with E-state index in [4.69, 9.17) is 5.73 Å². The van der Waals surface area contributed by atoms with Crippen LogP contribution in [0.15, 0.2) is 23.7 Å². The van der Waals surface area contributed by atoms with Gasteiger partial charge >= 0.3 is 0 Å². The molecule has 17 heavy (non-hydrogen) atoms. The number of thiazole rings is 1. The molecule has 0 bridgehead atoms. The molecule has 3 N–H and O–H groups in total. The second-order valence-corrected chi connectivity index (χ2v) is 4.81. The van der Waals surface area contributed by atoms with Crippen molar-refractivity contribution < 1.29 is 4.79 Å². The molecular formula is C12H15N3OS. The SMILES string of the molecule is CCC[C@H](N)C(=O)Nc1ccc2ncsc2c1. The maximum atomic E-state index is 11.7. The number of aromatic nitrogens is 1. The molecule has 0 aliphatic rings. The Morgan fingerprint density at radius 2 is 2.41 bits per heavy atom. The molecule has 0 radical (unpaired) electrons. The molecule has 4 nitrogen and oxygen atoms in total. The van der Waals surface area contributed by atoms with E-state index < -0.39 is 6.04 Å². The van der Waals surface area contributed by atoms with Crippen molar-refractivity contribution in [1.82, 2.24) is 4.98 Å². The van der Waals surface area contributed by atoms with Gasteiger partial charge in [0, 0.05) is 5.69 Å². The number of carbonyl (C=O) groups excluding carboxylic acids is 1. The molecule has 0 aliphatic carbocycles. The Bertz CT molecular complexity index is 523. The van der Waals surface area contributed by atoms with Crippen LogP contribution in [0.5, 0.6) is 0 Å². The topological polar surface area (TPSA) is 68.0 Å². The maximum Gasteiger partial charge on any atom is 0.241 e. The van der Waals surface area contributed by atoms with Gasteiger partial charge < -0.3 is 11.1 Å². The van der Waals surface area contributed by atoms with Crippen molar-refractivity contribution in [2.75, 3.05) is 5.32 Å². The highest BCUT2D eigenvalue weighted by molar-refractivity contribution is 7.16. The summed E-state index contributed by atoms with van der Waals surface area (Å²) in [5.74, 6) is -0.129. The zero-order valence-electron chi connectivity index (χ0n) is 9.64. The molecule has 0 spiro atoms. The van der Waals surface area contributed by atoms with E-state index in [9.17, 15) is 4.79 Å². The van der Waals surface area contributed by atoms with E-state index in [1.807, 2.05) is 25.1 Å². The summed E-state index contributed by atoms with van der Waals surface area (Å²) in [6, 6.07) is 5.23. The van der Waals surface area contributed by atoms with Crippen LogP contribution in [0.2, 0.25) is 0 Å². The standard InChI is InChI=1S/C12H15N3OS/c1-2-3-9(13)12(16)15-8-4-5-10-11(6-8)17-7-14-10/h4-7,9H,2-3,13H2,1H3,(H,15,16)/t9-/m0/s1. The van der Waals surface area contributed by atoms with Crippen LogP contribution in [0.1, 0.15) is 19.8 Å². The van der Waals surface area contributed by atoms with E-state index in [0.29, 0.717) is 6.42 Å². The van der Waals surface area contributed by atoms with E-state index in [2.05, 4.69) is 10.3 Å². The molecule has 0 aliphatic heterocycles. The van der Waals surface area contributed by atoms with Gasteiger partial charge in [0.25, 0.3) is 0 Å². The van der Waals surface area contributed by atoms with Crippen LogP contribution in [-0.2, 0) is 4.79 Å². The third-order valence-electron chi connectivity index (χ3n) is 2.54. The normalized spacial score (nSPS) is 12.6. The summed E-state index contributed by atoms with van der Waals surface area (Å²) in [6.07, 6.45) is 1.61. The van der Waals surface area contributed by atoms with Crippen molar-refractivity contribution >= 4 is 33.1 Å². The van der Waals surface area contributed by atoms with Gasteiger partial charge in [-0.25, -0.2) is 4.98 Å². The summed E-state index contributed by atoms with van der Waals surface area (Å²) < 4.78 is 1.06. The summed E-state index contributed by atoms with van der Waals surface area (Å²) >= 11 is 1.55. The van der Waals surface area contributed by atoms with Gasteiger partial charge in [-0.2, -0.15) is 0 Å². The van der Waals surface area contributed by atoms with Crippen molar-refractivity contribution in [3.63, 3.8) is 0 Å². The van der Waals surface area contributed by atoms with Crippen molar-refractivity contribution in [2.24, 2.45) is 5.73 Å². The molecule has 5 heteroatoms. The zero-order chi connectivity index (χ0) is 12.3. The van der Waals surface area contributed by atoms with Gasteiger partial charge in [-0.3, -0.25) is 4.79 Å². The van der Waals surface area contributed by atoms with Gasteiger partial charge in [0.1, 0.15) is 0 Å². The highest BCUT2D eigenvalue weighted by Crippen LogP contribution is 2.21. The second-order valence-electron chi connectivity index (χ2n) is 3.92. The predicted molar refractivity (Wildman–Crippen MR) is 71.1 cm³/mol. The second kappa shape index (κ2) is 5.25. The molecule has 0 saturated heterocycles. The Labute approximate surface area is 104 Å². The first-order chi connectivity index (χ1) is 8.20. The number of anilines is 1. The molecule has 2 aromatic rings. The number of carbonyl (C=O) groups is 1. The Balaban J connectivity index is 2.09. The number of hydrogen-bond donors (Lipinski definition) is 2. The Kier molecular flexibility index (Phi) is 3.71. The van der Waals surface area contributed by atoms with Gasteiger partial charge in [0.15, 0.2) is 0 Å².